The quantitative estimate of drug-likeness (QED) is 0.0430. The lowest BCUT2D eigenvalue weighted by Crippen LogP contribution is -2.49. The minimum absolute atomic E-state index is 0.00420. The number of hydrogen-bond donors (Lipinski definition) is 7. The van der Waals surface area contributed by atoms with Crippen molar-refractivity contribution in [3.63, 3.8) is 0 Å². The number of carboxylic acid groups (broad SMARTS) is 1. The van der Waals surface area contributed by atoms with Crippen molar-refractivity contribution in [2.75, 3.05) is 6.54 Å². The number of carboxylic acids is 1. The molecule has 7 N–H and O–H groups in total. The molecule has 0 spiro atoms. The molecule has 6 rings (SSSR count). The lowest BCUT2D eigenvalue weighted by atomic mass is 9.84. The number of allylic oxidation sites excluding steroid dienone is 8. The highest BCUT2D eigenvalue weighted by molar-refractivity contribution is 7.47. The van der Waals surface area contributed by atoms with Crippen LogP contribution < -0.4 is 18.5 Å². The number of aliphatic carboxylic acids is 1. The summed E-state index contributed by atoms with van der Waals surface area (Å²) in [5, 5.41) is 33.4. The number of aliphatic hydroxyl groups is 2. The van der Waals surface area contributed by atoms with Crippen LogP contribution in [0.15, 0.2) is 58.7 Å². The van der Waals surface area contributed by atoms with Gasteiger partial charge in [-0.15, -0.1) is 0 Å². The van der Waals surface area contributed by atoms with E-state index in [-0.39, 0.29) is 96.1 Å². The fourth-order valence-electron chi connectivity index (χ4n) is 9.79. The first-order chi connectivity index (χ1) is 33.1. The first-order valence-corrected chi connectivity index (χ1v) is 27.2. The second-order valence-corrected chi connectivity index (χ2v) is 22.7. The molecule has 0 saturated carbocycles. The average Bonchev–Trinajstić information content (AvgIpc) is 3.74. The molecule has 0 unspecified atom stereocenters. The number of carbonyl (C=O) groups is 3. The van der Waals surface area contributed by atoms with Crippen LogP contribution in [-0.2, 0) is 39.9 Å². The van der Waals surface area contributed by atoms with Gasteiger partial charge in [0.25, 0.3) is 11.8 Å². The summed E-state index contributed by atoms with van der Waals surface area (Å²) in [7, 11) is -10.3. The molecule has 20 heteroatoms. The summed E-state index contributed by atoms with van der Waals surface area (Å²) in [4.78, 5) is 83.1. The maximum atomic E-state index is 14.2. The summed E-state index contributed by atoms with van der Waals surface area (Å²) < 4.78 is 47.5. The number of nitrogens with zero attached hydrogens (tertiary/aromatic N) is 2. The molecule has 4 aliphatic heterocycles. The van der Waals surface area contributed by atoms with E-state index in [0.29, 0.717) is 31.2 Å². The van der Waals surface area contributed by atoms with Gasteiger partial charge in [-0.25, -0.2) is 13.9 Å². The van der Waals surface area contributed by atoms with Crippen molar-refractivity contribution < 1.29 is 76.9 Å². The molecule has 4 aliphatic rings. The second-order valence-electron chi connectivity index (χ2n) is 20.3. The third kappa shape index (κ3) is 13.5. The van der Waals surface area contributed by atoms with Gasteiger partial charge in [-0.3, -0.25) is 29.2 Å². The molecular weight excluding hydrogens is 959 g/mol. The van der Waals surface area contributed by atoms with Crippen molar-refractivity contribution >= 4 is 33.4 Å². The normalized spacial score (nSPS) is 22.5. The molecule has 0 radical (unpaired) electrons. The van der Waals surface area contributed by atoms with E-state index in [4.69, 9.17) is 18.5 Å². The number of carbonyl (C=O) groups excluding carboxylic acids is 2. The summed E-state index contributed by atoms with van der Waals surface area (Å²) in [6.45, 7) is 15.4. The minimum Gasteiger partial charge on any atom is -0.484 e. The fourth-order valence-corrected chi connectivity index (χ4v) is 10.6. The van der Waals surface area contributed by atoms with Crippen LogP contribution in [0, 0.1) is 0 Å². The van der Waals surface area contributed by atoms with Crippen LogP contribution in [-0.4, -0.2) is 98.5 Å². The molecule has 390 valence electrons. The SMILES string of the molecule is CC(C)=CCC/C(C)=C/CC[C@@]1(C)Oc2c(c(OP(=O)(O)O)cc3c2CN(CCC[C@@H](C(=O)O)N2Cc4c(cc(OP(=O)(O)O)c5c4O[C@](C)(CC/C=C(\C)CCC=C(C)C)[C@@H](O)C5)C2=O)C3=O)C[C@@H]1O. The number of rotatable bonds is 22. The van der Waals surface area contributed by atoms with Crippen LogP contribution in [0.2, 0.25) is 0 Å². The van der Waals surface area contributed by atoms with Gasteiger partial charge in [-0.05, 0) is 132 Å². The van der Waals surface area contributed by atoms with E-state index < -0.39 is 62.9 Å². The first kappa shape index (κ1) is 55.5. The van der Waals surface area contributed by atoms with Crippen LogP contribution in [0.4, 0.5) is 0 Å². The van der Waals surface area contributed by atoms with Crippen LogP contribution in [0.5, 0.6) is 23.0 Å². The Morgan fingerprint density at radius 1 is 0.704 bits per heavy atom. The van der Waals surface area contributed by atoms with E-state index in [0.717, 1.165) is 42.2 Å². The maximum absolute atomic E-state index is 14.2. The minimum atomic E-state index is -5.18. The van der Waals surface area contributed by atoms with Gasteiger partial charge in [-0.2, -0.15) is 0 Å². The average molecular weight is 1030 g/mol. The Balaban J connectivity index is 1.20. The number of phosphoric ester groups is 2. The van der Waals surface area contributed by atoms with Crippen molar-refractivity contribution in [1.82, 2.24) is 9.80 Å². The smallest absolute Gasteiger partial charge is 0.484 e. The third-order valence-electron chi connectivity index (χ3n) is 13.9. The molecule has 0 aliphatic carbocycles. The molecule has 0 fully saturated rings. The largest absolute Gasteiger partial charge is 0.524 e. The second kappa shape index (κ2) is 22.1. The molecule has 0 bridgehead atoms. The lowest BCUT2D eigenvalue weighted by Gasteiger charge is -2.41. The molecule has 2 aromatic rings. The van der Waals surface area contributed by atoms with E-state index in [9.17, 15) is 58.4 Å². The monoisotopic (exact) mass is 1030 g/mol. The topological polar surface area (TPSA) is 270 Å². The van der Waals surface area contributed by atoms with Crippen molar-refractivity contribution in [3.05, 3.63) is 92.1 Å². The lowest BCUT2D eigenvalue weighted by molar-refractivity contribution is -0.142. The molecule has 0 saturated heterocycles. The number of aliphatic hydroxyl groups excluding tert-OH is 2. The van der Waals surface area contributed by atoms with Crippen molar-refractivity contribution in [1.29, 1.82) is 0 Å². The Morgan fingerprint density at radius 3 is 1.56 bits per heavy atom. The molecular formula is C51H70N2O16P2. The third-order valence-corrected chi connectivity index (χ3v) is 14.8. The standard InChI is InChI=1S/C51H70N2O16P2/c1-30(2)14-9-16-32(5)18-11-21-50(7)43(54)26-36-41(68-70(60,61)62)24-34-38(45(36)66-50)28-52(47(34)56)23-13-20-40(49(58)59)53-29-39-35(48(53)57)25-42(69-71(63,64)65)37-27-44(55)51(8,67-46(37)39)22-12-19-33(6)17-10-15-31(3)4/h14-15,18-19,24-25,40,43-44,54-55H,9-13,16-17,20-23,26-29H2,1-8H3,(H,58,59)(H2,60,61,62)(H2,63,64,65)/b32-18+,33-19+/t40-,43-,44-,50+,51+/m0/s1. The highest BCUT2D eigenvalue weighted by Crippen LogP contribution is 2.52. The van der Waals surface area contributed by atoms with Gasteiger partial charge in [-0.1, -0.05) is 46.6 Å². The van der Waals surface area contributed by atoms with Gasteiger partial charge >= 0.3 is 21.6 Å². The highest BCUT2D eigenvalue weighted by atomic mass is 31.2. The molecule has 5 atom stereocenters. The zero-order valence-corrected chi connectivity index (χ0v) is 43.7. The number of benzene rings is 2. The fraction of sp³-hybridized carbons (Fsp3) is 0.549. The number of phosphoric acid groups is 2. The Kier molecular flexibility index (Phi) is 17.3. The van der Waals surface area contributed by atoms with Crippen LogP contribution in [0.25, 0.3) is 0 Å². The number of hydrogen-bond acceptors (Lipinski definition) is 11. The molecule has 4 heterocycles. The predicted molar refractivity (Wildman–Crippen MR) is 264 cm³/mol. The van der Waals surface area contributed by atoms with E-state index in [1.54, 1.807) is 13.8 Å². The van der Waals surface area contributed by atoms with Gasteiger partial charge in [0.05, 0.1) is 36.4 Å². The zero-order valence-electron chi connectivity index (χ0n) is 41.9. The van der Waals surface area contributed by atoms with Gasteiger partial charge < -0.3 is 43.6 Å². The summed E-state index contributed by atoms with van der Waals surface area (Å²) in [5.74, 6) is -3.02. The van der Waals surface area contributed by atoms with Crippen molar-refractivity contribution in [3.8, 4) is 23.0 Å². The van der Waals surface area contributed by atoms with Gasteiger partial charge in [0.2, 0.25) is 0 Å². The highest BCUT2D eigenvalue weighted by Gasteiger charge is 2.48. The summed E-state index contributed by atoms with van der Waals surface area (Å²) in [6, 6.07) is 0.951. The number of amides is 2. The van der Waals surface area contributed by atoms with E-state index in [1.807, 2.05) is 41.5 Å². The van der Waals surface area contributed by atoms with Gasteiger partial charge in [0, 0.05) is 41.6 Å². The first-order valence-electron chi connectivity index (χ1n) is 24.1. The van der Waals surface area contributed by atoms with Gasteiger partial charge in [0.15, 0.2) is 0 Å². The Hall–Kier alpha value is -4.77. The summed E-state index contributed by atoms with van der Waals surface area (Å²) in [6.07, 6.45) is 11.3. The van der Waals surface area contributed by atoms with Crippen LogP contribution in [0.1, 0.15) is 163 Å². The molecule has 2 aromatic carbocycles. The molecule has 2 amide bonds. The van der Waals surface area contributed by atoms with Crippen LogP contribution >= 0.6 is 15.6 Å². The number of ether oxygens (including phenoxy) is 2. The Bertz CT molecular complexity index is 2620. The maximum Gasteiger partial charge on any atom is 0.524 e. The number of fused-ring (bicyclic) bond motifs is 6. The predicted octanol–water partition coefficient (Wildman–Crippen LogP) is 8.53. The van der Waals surface area contributed by atoms with E-state index in [1.165, 1.54) is 27.7 Å². The summed E-state index contributed by atoms with van der Waals surface area (Å²) in [5.41, 5.74) is 3.49. The van der Waals surface area contributed by atoms with E-state index in [2.05, 4.69) is 24.3 Å². The zero-order chi connectivity index (χ0) is 52.4. The molecule has 18 nitrogen and oxygen atoms in total. The molecule has 71 heavy (non-hydrogen) atoms. The van der Waals surface area contributed by atoms with Crippen LogP contribution in [0.3, 0.4) is 0 Å². The Morgan fingerprint density at radius 2 is 1.14 bits per heavy atom. The van der Waals surface area contributed by atoms with Crippen molar-refractivity contribution in [2.45, 2.75) is 175 Å². The van der Waals surface area contributed by atoms with E-state index >= 15 is 0 Å². The molecule has 0 aromatic heterocycles. The van der Waals surface area contributed by atoms with Gasteiger partial charge in [0.1, 0.15) is 40.2 Å². The summed E-state index contributed by atoms with van der Waals surface area (Å²) >= 11 is 0. The van der Waals surface area contributed by atoms with Crippen molar-refractivity contribution in [2.24, 2.45) is 0 Å². The Labute approximate surface area is 415 Å².